The van der Waals surface area contributed by atoms with Gasteiger partial charge in [-0.3, -0.25) is 0 Å². The quantitative estimate of drug-likeness (QED) is 0.445. The van der Waals surface area contributed by atoms with Crippen LogP contribution < -0.4 is 10.6 Å². The molecule has 0 amide bonds. The van der Waals surface area contributed by atoms with Gasteiger partial charge in [0.2, 0.25) is 0 Å². The average molecular weight is 344 g/mol. The molecule has 0 bridgehead atoms. The van der Waals surface area contributed by atoms with Crippen LogP contribution in [0, 0.1) is 0 Å². The largest absolute Gasteiger partial charge is 0.373 e. The number of aryl methyl sites for hydroxylation is 1. The number of rotatable bonds is 7. The van der Waals surface area contributed by atoms with E-state index < -0.39 is 12.0 Å². The molecule has 1 aromatic carbocycles. The predicted octanol–water partition coefficient (Wildman–Crippen LogP) is 4.05. The van der Waals surface area contributed by atoms with Gasteiger partial charge in [0.15, 0.2) is 0 Å². The molecule has 0 spiro atoms. The van der Waals surface area contributed by atoms with Crippen LogP contribution in [0.3, 0.4) is 0 Å². The topological polar surface area (TPSA) is 64.5 Å². The summed E-state index contributed by atoms with van der Waals surface area (Å²) in [5, 5.41) is 24.7. The first-order valence-corrected chi connectivity index (χ1v) is 8.78. The number of allylic oxidation sites excluding steroid dienone is 2. The van der Waals surface area contributed by atoms with Gasteiger partial charge in [-0.05, 0) is 56.5 Å². The molecule has 2 atom stereocenters. The Kier molecular flexibility index (Phi) is 8.46. The van der Waals surface area contributed by atoms with Gasteiger partial charge in [0.1, 0.15) is 12.0 Å². The molecule has 2 unspecified atom stereocenters. The molecule has 1 heterocycles. The van der Waals surface area contributed by atoms with Crippen LogP contribution in [0.1, 0.15) is 50.7 Å². The third-order valence-corrected chi connectivity index (χ3v) is 3.80. The van der Waals surface area contributed by atoms with Crippen LogP contribution in [0.25, 0.3) is 0 Å². The predicted molar refractivity (Wildman–Crippen MR) is 106 cm³/mol. The zero-order valence-corrected chi connectivity index (χ0v) is 15.6. The van der Waals surface area contributed by atoms with Gasteiger partial charge >= 0.3 is 0 Å². The van der Waals surface area contributed by atoms with Gasteiger partial charge in [-0.1, -0.05) is 37.3 Å². The second kappa shape index (κ2) is 10.1. The Labute approximate surface area is 152 Å². The van der Waals surface area contributed by atoms with Gasteiger partial charge in [-0.2, -0.15) is 0 Å². The molecule has 1 aromatic rings. The number of aliphatic hydroxyl groups excluding tert-OH is 1. The van der Waals surface area contributed by atoms with Gasteiger partial charge in [0, 0.05) is 11.6 Å². The molecule has 1 aliphatic heterocycles. The van der Waals surface area contributed by atoms with Crippen LogP contribution in [-0.4, -0.2) is 22.2 Å². The summed E-state index contributed by atoms with van der Waals surface area (Å²) >= 11 is 0. The maximum atomic E-state index is 9.78. The highest BCUT2D eigenvalue weighted by atomic mass is 16.3. The fraction of sp³-hybridized carbons (Fsp3) is 0.429. The number of hydrogen-bond acceptors (Lipinski definition) is 4. The molecule has 2 rings (SSSR count). The summed E-state index contributed by atoms with van der Waals surface area (Å²) in [6, 6.07) is 6.27. The van der Waals surface area contributed by atoms with Crippen molar-refractivity contribution in [1.29, 1.82) is 0 Å². The molecule has 25 heavy (non-hydrogen) atoms. The Morgan fingerprint density at radius 3 is 2.60 bits per heavy atom. The Hall–Kier alpha value is -2.04. The van der Waals surface area contributed by atoms with Crippen molar-refractivity contribution in [2.24, 2.45) is 0 Å². The molecular formula is C21H32N2O2. The summed E-state index contributed by atoms with van der Waals surface area (Å²) in [4.78, 5) is 0. The number of fused-ring (bicyclic) bond motifs is 1. The van der Waals surface area contributed by atoms with E-state index in [1.54, 1.807) is 26.1 Å². The van der Waals surface area contributed by atoms with E-state index in [0.717, 1.165) is 30.5 Å². The van der Waals surface area contributed by atoms with E-state index in [-0.39, 0.29) is 5.92 Å². The average Bonchev–Trinajstić information content (AvgIpc) is 2.87. The second-order valence-electron chi connectivity index (χ2n) is 6.61. The van der Waals surface area contributed by atoms with Gasteiger partial charge < -0.3 is 20.8 Å². The summed E-state index contributed by atoms with van der Waals surface area (Å²) in [6.45, 7) is 12.9. The highest BCUT2D eigenvalue weighted by Crippen LogP contribution is 2.36. The number of nitrogens with one attached hydrogen (secondary N) is 2. The third kappa shape index (κ3) is 7.16. The molecule has 138 valence electrons. The Morgan fingerprint density at radius 1 is 1.32 bits per heavy atom. The summed E-state index contributed by atoms with van der Waals surface area (Å²) < 4.78 is 0. The molecule has 4 nitrogen and oxygen atoms in total. The molecule has 0 fully saturated rings. The van der Waals surface area contributed by atoms with E-state index in [9.17, 15) is 5.11 Å². The number of anilines is 1. The Bertz CT molecular complexity index is 588. The van der Waals surface area contributed by atoms with Crippen LogP contribution in [0.15, 0.2) is 55.8 Å². The minimum atomic E-state index is -0.786. The second-order valence-corrected chi connectivity index (χ2v) is 6.61. The Balaban J connectivity index is 0.000000299. The molecule has 0 saturated carbocycles. The summed E-state index contributed by atoms with van der Waals surface area (Å²) in [5.74, 6) is -0.00122. The first kappa shape index (κ1) is 21.0. The molecule has 0 aliphatic carbocycles. The van der Waals surface area contributed by atoms with Gasteiger partial charge in [-0.15, -0.1) is 13.2 Å². The SMILES string of the molecule is C=CCCc1ccc2c(c1)C(C=C)C(O)N2.CC/C=C/NC(C)(C)O. The van der Waals surface area contributed by atoms with Crippen molar-refractivity contribution < 1.29 is 10.2 Å². The van der Waals surface area contributed by atoms with Crippen molar-refractivity contribution in [2.45, 2.75) is 57.9 Å². The molecule has 4 N–H and O–H groups in total. The smallest absolute Gasteiger partial charge is 0.134 e. The van der Waals surface area contributed by atoms with Crippen LogP contribution in [-0.2, 0) is 6.42 Å². The van der Waals surface area contributed by atoms with Crippen molar-refractivity contribution >= 4 is 5.69 Å². The minimum absolute atomic E-state index is 0.00122. The van der Waals surface area contributed by atoms with E-state index in [4.69, 9.17) is 5.11 Å². The zero-order chi connectivity index (χ0) is 18.9. The van der Waals surface area contributed by atoms with Gasteiger partial charge in [-0.25, -0.2) is 0 Å². The Morgan fingerprint density at radius 2 is 2.04 bits per heavy atom. The van der Waals surface area contributed by atoms with E-state index >= 15 is 0 Å². The van der Waals surface area contributed by atoms with E-state index in [1.807, 2.05) is 25.1 Å². The summed E-state index contributed by atoms with van der Waals surface area (Å²) in [7, 11) is 0. The minimum Gasteiger partial charge on any atom is -0.373 e. The number of aliphatic hydroxyl groups is 2. The first-order valence-electron chi connectivity index (χ1n) is 8.78. The van der Waals surface area contributed by atoms with E-state index in [2.05, 4.69) is 35.9 Å². The fourth-order valence-electron chi connectivity index (χ4n) is 2.50. The summed E-state index contributed by atoms with van der Waals surface area (Å²) in [6.07, 6.45) is 9.86. The molecular weight excluding hydrogens is 312 g/mol. The molecule has 0 aromatic heterocycles. The van der Waals surface area contributed by atoms with Gasteiger partial charge in [0.25, 0.3) is 0 Å². The van der Waals surface area contributed by atoms with Crippen LogP contribution in [0.2, 0.25) is 0 Å². The number of hydrogen-bond donors (Lipinski definition) is 4. The van der Waals surface area contributed by atoms with Crippen molar-refractivity contribution in [3.8, 4) is 0 Å². The van der Waals surface area contributed by atoms with Gasteiger partial charge in [0.05, 0.1) is 0 Å². The van der Waals surface area contributed by atoms with Crippen molar-refractivity contribution in [3.63, 3.8) is 0 Å². The normalized spacial score (nSPS) is 18.8. The van der Waals surface area contributed by atoms with E-state index in [1.165, 1.54) is 5.56 Å². The molecule has 0 radical (unpaired) electrons. The first-order chi connectivity index (χ1) is 11.8. The monoisotopic (exact) mass is 344 g/mol. The highest BCUT2D eigenvalue weighted by Gasteiger charge is 2.27. The van der Waals surface area contributed by atoms with Crippen LogP contribution in [0.4, 0.5) is 5.69 Å². The lowest BCUT2D eigenvalue weighted by Crippen LogP contribution is -2.34. The van der Waals surface area contributed by atoms with Crippen molar-refractivity contribution in [2.75, 3.05) is 5.32 Å². The van der Waals surface area contributed by atoms with Crippen molar-refractivity contribution in [3.05, 3.63) is 66.9 Å². The lowest BCUT2D eigenvalue weighted by Gasteiger charge is -2.16. The number of benzene rings is 1. The summed E-state index contributed by atoms with van der Waals surface area (Å²) in [5.41, 5.74) is 2.65. The van der Waals surface area contributed by atoms with Crippen LogP contribution in [0.5, 0.6) is 0 Å². The van der Waals surface area contributed by atoms with Crippen LogP contribution >= 0.6 is 0 Å². The van der Waals surface area contributed by atoms with Crippen molar-refractivity contribution in [1.82, 2.24) is 5.32 Å². The lowest BCUT2D eigenvalue weighted by atomic mass is 9.97. The standard InChI is InChI=1S/C14H17NO.C7H15NO/c1-3-5-6-10-7-8-13-12(9-10)11(4-2)14(16)15-13;1-4-5-6-8-7(2,3)9/h3-4,7-9,11,14-16H,1-2,5-6H2;5-6,8-9H,4H2,1-3H3/b;6-5+. The highest BCUT2D eigenvalue weighted by molar-refractivity contribution is 5.61. The van der Waals surface area contributed by atoms with E-state index in [0.29, 0.717) is 0 Å². The third-order valence-electron chi connectivity index (χ3n) is 3.80. The zero-order valence-electron chi connectivity index (χ0n) is 15.6. The molecule has 4 heteroatoms. The molecule has 0 saturated heterocycles. The lowest BCUT2D eigenvalue weighted by molar-refractivity contribution is 0.0584. The maximum Gasteiger partial charge on any atom is 0.134 e. The fourth-order valence-corrected chi connectivity index (χ4v) is 2.50. The molecule has 1 aliphatic rings. The maximum absolute atomic E-state index is 9.78.